The van der Waals surface area contributed by atoms with E-state index in [0.717, 1.165) is 0 Å². The van der Waals surface area contributed by atoms with Gasteiger partial charge in [0.25, 0.3) is 0 Å². The van der Waals surface area contributed by atoms with E-state index in [-0.39, 0.29) is 6.54 Å². The second kappa shape index (κ2) is 6.23. The number of rotatable bonds is 3. The Morgan fingerprint density at radius 3 is 2.58 bits per heavy atom. The summed E-state index contributed by atoms with van der Waals surface area (Å²) in [5.41, 5.74) is -1.54. The third-order valence-electron chi connectivity index (χ3n) is 3.09. The number of carbonyl (C=O) groups is 2. The van der Waals surface area contributed by atoms with Crippen molar-refractivity contribution >= 4 is 12.1 Å². The molecule has 1 amide bonds. The van der Waals surface area contributed by atoms with E-state index in [1.54, 1.807) is 20.8 Å². The van der Waals surface area contributed by atoms with E-state index in [9.17, 15) is 14.7 Å². The predicted molar refractivity (Wildman–Crippen MR) is 69.0 cm³/mol. The molecule has 110 valence electrons. The Labute approximate surface area is 113 Å². The second-order valence-corrected chi connectivity index (χ2v) is 5.91. The summed E-state index contributed by atoms with van der Waals surface area (Å²) in [4.78, 5) is 23.1. The molecule has 19 heavy (non-hydrogen) atoms. The molecule has 1 unspecified atom stereocenters. The highest BCUT2D eigenvalue weighted by Gasteiger charge is 2.39. The van der Waals surface area contributed by atoms with E-state index < -0.39 is 23.1 Å². The number of hydrogen-bond donors (Lipinski definition) is 2. The van der Waals surface area contributed by atoms with Crippen LogP contribution in [0.1, 0.15) is 40.0 Å². The van der Waals surface area contributed by atoms with Crippen molar-refractivity contribution in [3.8, 4) is 0 Å². The van der Waals surface area contributed by atoms with E-state index in [2.05, 4.69) is 5.32 Å². The molecule has 1 rings (SSSR count). The number of nitrogens with one attached hydrogen (secondary N) is 1. The van der Waals surface area contributed by atoms with Crippen LogP contribution in [0.5, 0.6) is 0 Å². The van der Waals surface area contributed by atoms with Crippen LogP contribution in [0.25, 0.3) is 0 Å². The van der Waals surface area contributed by atoms with Crippen LogP contribution >= 0.6 is 0 Å². The molecule has 0 spiro atoms. The number of aliphatic carboxylic acids is 1. The molecule has 1 fully saturated rings. The Hall–Kier alpha value is -1.30. The highest BCUT2D eigenvalue weighted by atomic mass is 16.6. The van der Waals surface area contributed by atoms with Gasteiger partial charge in [-0.05, 0) is 40.0 Å². The third kappa shape index (κ3) is 5.06. The largest absolute Gasteiger partial charge is 0.481 e. The monoisotopic (exact) mass is 273 g/mol. The molecule has 0 aliphatic carbocycles. The predicted octanol–water partition coefficient (Wildman–Crippen LogP) is 1.78. The lowest BCUT2D eigenvalue weighted by atomic mass is 9.80. The summed E-state index contributed by atoms with van der Waals surface area (Å²) in [7, 11) is 0. The highest BCUT2D eigenvalue weighted by Crippen LogP contribution is 2.30. The lowest BCUT2D eigenvalue weighted by molar-refractivity contribution is -0.149. The van der Waals surface area contributed by atoms with Crippen LogP contribution in [0, 0.1) is 5.41 Å². The number of alkyl carbamates (subject to hydrolysis) is 1. The Kier molecular flexibility index (Phi) is 5.17. The van der Waals surface area contributed by atoms with E-state index in [1.165, 1.54) is 0 Å². The van der Waals surface area contributed by atoms with E-state index >= 15 is 0 Å². The Morgan fingerprint density at radius 1 is 1.32 bits per heavy atom. The van der Waals surface area contributed by atoms with Gasteiger partial charge < -0.3 is 19.9 Å². The zero-order valence-electron chi connectivity index (χ0n) is 11.8. The van der Waals surface area contributed by atoms with Crippen molar-refractivity contribution in [2.24, 2.45) is 5.41 Å². The molecule has 0 saturated carbocycles. The number of carbonyl (C=O) groups excluding carboxylic acids is 1. The molecule has 1 aliphatic rings. The van der Waals surface area contributed by atoms with Crippen molar-refractivity contribution in [2.75, 3.05) is 19.8 Å². The first-order valence-electron chi connectivity index (χ1n) is 6.53. The molecule has 0 aromatic carbocycles. The number of hydrogen-bond acceptors (Lipinski definition) is 4. The van der Waals surface area contributed by atoms with Crippen molar-refractivity contribution in [1.29, 1.82) is 0 Å². The van der Waals surface area contributed by atoms with Crippen molar-refractivity contribution < 1.29 is 24.2 Å². The highest BCUT2D eigenvalue weighted by molar-refractivity contribution is 5.76. The summed E-state index contributed by atoms with van der Waals surface area (Å²) in [6.07, 6.45) is 0.997. The summed E-state index contributed by atoms with van der Waals surface area (Å²) in [6.45, 7) is 6.33. The molecule has 0 radical (unpaired) electrons. The van der Waals surface area contributed by atoms with Crippen LogP contribution in [0.4, 0.5) is 4.79 Å². The van der Waals surface area contributed by atoms with Gasteiger partial charge in [-0.25, -0.2) is 4.79 Å². The van der Waals surface area contributed by atoms with Crippen LogP contribution < -0.4 is 5.32 Å². The lowest BCUT2D eigenvalue weighted by Gasteiger charge is -2.28. The molecule has 1 heterocycles. The van der Waals surface area contributed by atoms with Crippen molar-refractivity contribution in [3.63, 3.8) is 0 Å². The van der Waals surface area contributed by atoms with Gasteiger partial charge in [-0.3, -0.25) is 4.79 Å². The lowest BCUT2D eigenvalue weighted by Crippen LogP contribution is -2.44. The summed E-state index contributed by atoms with van der Waals surface area (Å²) in [6, 6.07) is 0. The smallest absolute Gasteiger partial charge is 0.407 e. The summed E-state index contributed by atoms with van der Waals surface area (Å²) < 4.78 is 10.4. The normalized spacial score (nSPS) is 24.4. The number of amides is 1. The Morgan fingerprint density at radius 2 is 2.00 bits per heavy atom. The molecular formula is C13H23NO5. The molecule has 6 nitrogen and oxygen atoms in total. The standard InChI is InChI=1S/C13H23NO5/c1-12(2,3)19-11(17)14-9-13(10(15)16)5-4-7-18-8-6-13/h4-9H2,1-3H3,(H,14,17)(H,15,16). The number of carboxylic acids is 1. The molecule has 1 atom stereocenters. The average molecular weight is 273 g/mol. The van der Waals surface area contributed by atoms with Crippen LogP contribution in [0.2, 0.25) is 0 Å². The van der Waals surface area contributed by atoms with Crippen molar-refractivity contribution in [1.82, 2.24) is 5.32 Å². The van der Waals surface area contributed by atoms with Gasteiger partial charge in [0.05, 0.1) is 5.41 Å². The SMILES string of the molecule is CC(C)(C)OC(=O)NCC1(C(=O)O)CCCOCC1. The molecule has 2 N–H and O–H groups in total. The number of carboxylic acid groups (broad SMARTS) is 1. The fourth-order valence-electron chi connectivity index (χ4n) is 2.03. The zero-order chi connectivity index (χ0) is 14.5. The quantitative estimate of drug-likeness (QED) is 0.818. The van der Waals surface area contributed by atoms with Crippen molar-refractivity contribution in [2.45, 2.75) is 45.6 Å². The van der Waals surface area contributed by atoms with Gasteiger partial charge in [-0.2, -0.15) is 0 Å². The van der Waals surface area contributed by atoms with Gasteiger partial charge in [0.1, 0.15) is 5.60 Å². The Bertz CT molecular complexity index is 326. The summed E-state index contributed by atoms with van der Waals surface area (Å²) in [5.74, 6) is -0.894. The molecule has 0 aromatic rings. The second-order valence-electron chi connectivity index (χ2n) is 5.91. The fraction of sp³-hybridized carbons (Fsp3) is 0.846. The van der Waals surface area contributed by atoms with E-state index in [4.69, 9.17) is 9.47 Å². The maximum absolute atomic E-state index is 11.6. The van der Waals surface area contributed by atoms with Crippen LogP contribution in [-0.4, -0.2) is 42.5 Å². The topological polar surface area (TPSA) is 84.9 Å². The first kappa shape index (κ1) is 15.8. The first-order valence-corrected chi connectivity index (χ1v) is 6.53. The van der Waals surface area contributed by atoms with E-state index in [1.807, 2.05) is 0 Å². The minimum atomic E-state index is -0.951. The maximum Gasteiger partial charge on any atom is 0.407 e. The first-order chi connectivity index (χ1) is 8.75. The van der Waals surface area contributed by atoms with Crippen LogP contribution in [0.15, 0.2) is 0 Å². The fourth-order valence-corrected chi connectivity index (χ4v) is 2.03. The van der Waals surface area contributed by atoms with Gasteiger partial charge >= 0.3 is 12.1 Å². The molecule has 6 heteroatoms. The van der Waals surface area contributed by atoms with Gasteiger partial charge in [-0.15, -0.1) is 0 Å². The number of ether oxygens (including phenoxy) is 2. The third-order valence-corrected chi connectivity index (χ3v) is 3.09. The molecule has 0 bridgehead atoms. The van der Waals surface area contributed by atoms with Crippen LogP contribution in [-0.2, 0) is 14.3 Å². The Balaban J connectivity index is 2.59. The minimum absolute atomic E-state index is 0.0700. The van der Waals surface area contributed by atoms with Crippen molar-refractivity contribution in [3.05, 3.63) is 0 Å². The van der Waals surface area contributed by atoms with Gasteiger partial charge in [0, 0.05) is 19.8 Å². The van der Waals surface area contributed by atoms with Gasteiger partial charge in [0.15, 0.2) is 0 Å². The van der Waals surface area contributed by atoms with Crippen LogP contribution in [0.3, 0.4) is 0 Å². The average Bonchev–Trinajstić information content (AvgIpc) is 2.50. The van der Waals surface area contributed by atoms with E-state index in [0.29, 0.717) is 32.5 Å². The molecule has 0 aromatic heterocycles. The summed E-state index contributed by atoms with van der Waals surface area (Å²) in [5, 5.41) is 12.0. The maximum atomic E-state index is 11.6. The zero-order valence-corrected chi connectivity index (χ0v) is 11.8. The summed E-state index contributed by atoms with van der Waals surface area (Å²) >= 11 is 0. The molecular weight excluding hydrogens is 250 g/mol. The minimum Gasteiger partial charge on any atom is -0.481 e. The molecule has 1 aliphatic heterocycles. The van der Waals surface area contributed by atoms with Gasteiger partial charge in [-0.1, -0.05) is 0 Å². The van der Waals surface area contributed by atoms with Gasteiger partial charge in [0.2, 0.25) is 0 Å². The molecule has 1 saturated heterocycles.